The predicted octanol–water partition coefficient (Wildman–Crippen LogP) is 2.53. The van der Waals surface area contributed by atoms with E-state index in [1.165, 1.54) is 0 Å². The molecular weight excluding hydrogens is 220 g/mol. The van der Waals surface area contributed by atoms with Crippen LogP contribution in [0.1, 0.15) is 30.0 Å². The van der Waals surface area contributed by atoms with E-state index in [9.17, 15) is 5.11 Å². The van der Waals surface area contributed by atoms with Crippen molar-refractivity contribution in [2.75, 3.05) is 0 Å². The van der Waals surface area contributed by atoms with Gasteiger partial charge in [0.1, 0.15) is 5.60 Å². The zero-order valence-electron chi connectivity index (χ0n) is 9.77. The number of aromatic nitrogens is 2. The number of aliphatic hydroxyl groups is 1. The average molecular weight is 236 g/mol. The Morgan fingerprint density at radius 2 is 2.25 bits per heavy atom. The smallest absolute Gasteiger partial charge is 0.138 e. The van der Waals surface area contributed by atoms with E-state index in [1.807, 2.05) is 43.0 Å². The minimum atomic E-state index is -0.954. The Balaban J connectivity index is 2.50. The van der Waals surface area contributed by atoms with E-state index >= 15 is 0 Å². The molecule has 1 N–H and O–H groups in total. The highest BCUT2D eigenvalue weighted by Crippen LogP contribution is 2.34. The summed E-state index contributed by atoms with van der Waals surface area (Å²) in [5.41, 5.74) is 1.02. The molecule has 2 heterocycles. The van der Waals surface area contributed by atoms with Gasteiger partial charge in [0.15, 0.2) is 0 Å². The molecule has 0 bridgehead atoms. The molecule has 1 atom stereocenters. The molecule has 0 saturated heterocycles. The van der Waals surface area contributed by atoms with Gasteiger partial charge in [-0.25, -0.2) is 0 Å². The van der Waals surface area contributed by atoms with Crippen molar-refractivity contribution < 1.29 is 5.11 Å². The van der Waals surface area contributed by atoms with Crippen LogP contribution >= 0.6 is 11.3 Å². The first kappa shape index (κ1) is 11.4. The van der Waals surface area contributed by atoms with Crippen LogP contribution in [0, 0.1) is 6.92 Å². The summed E-state index contributed by atoms with van der Waals surface area (Å²) in [7, 11) is 0. The molecule has 16 heavy (non-hydrogen) atoms. The number of aryl methyl sites for hydroxylation is 2. The maximum absolute atomic E-state index is 10.7. The summed E-state index contributed by atoms with van der Waals surface area (Å²) >= 11 is 1.58. The summed E-state index contributed by atoms with van der Waals surface area (Å²) < 4.78 is 1.83. The van der Waals surface area contributed by atoms with Gasteiger partial charge in [0.2, 0.25) is 0 Å². The van der Waals surface area contributed by atoms with Crippen LogP contribution in [0.2, 0.25) is 0 Å². The fraction of sp³-hybridized carbons (Fsp3) is 0.417. The van der Waals surface area contributed by atoms with Crippen LogP contribution in [0.4, 0.5) is 0 Å². The number of nitrogens with zero attached hydrogens (tertiary/aromatic N) is 2. The van der Waals surface area contributed by atoms with Crippen LogP contribution in [0.3, 0.4) is 0 Å². The highest BCUT2D eigenvalue weighted by molar-refractivity contribution is 7.10. The molecule has 0 aliphatic heterocycles. The minimum Gasteiger partial charge on any atom is -0.378 e. The van der Waals surface area contributed by atoms with Crippen molar-refractivity contribution in [1.82, 2.24) is 9.78 Å². The molecule has 0 amide bonds. The summed E-state index contributed by atoms with van der Waals surface area (Å²) in [5.74, 6) is 0. The van der Waals surface area contributed by atoms with Gasteiger partial charge in [-0.05, 0) is 43.8 Å². The zero-order valence-corrected chi connectivity index (χ0v) is 10.6. The van der Waals surface area contributed by atoms with Gasteiger partial charge in [-0.2, -0.15) is 5.10 Å². The van der Waals surface area contributed by atoms with Gasteiger partial charge in [0.05, 0.1) is 5.69 Å². The Bertz CT molecular complexity index is 485. The fourth-order valence-electron chi connectivity index (χ4n) is 1.99. The van der Waals surface area contributed by atoms with Crippen molar-refractivity contribution in [3.8, 4) is 0 Å². The topological polar surface area (TPSA) is 38.0 Å². The third-order valence-electron chi connectivity index (χ3n) is 2.82. The molecule has 3 nitrogen and oxygen atoms in total. The van der Waals surface area contributed by atoms with Crippen molar-refractivity contribution in [2.24, 2.45) is 0 Å². The largest absolute Gasteiger partial charge is 0.378 e. The molecule has 0 aliphatic rings. The Kier molecular flexibility index (Phi) is 2.86. The molecule has 2 rings (SSSR count). The van der Waals surface area contributed by atoms with Crippen molar-refractivity contribution in [3.05, 3.63) is 39.8 Å². The molecule has 0 spiro atoms. The number of hydrogen-bond donors (Lipinski definition) is 1. The van der Waals surface area contributed by atoms with Crippen LogP contribution in [-0.4, -0.2) is 14.9 Å². The van der Waals surface area contributed by atoms with Gasteiger partial charge in [-0.3, -0.25) is 4.68 Å². The Morgan fingerprint density at radius 3 is 2.81 bits per heavy atom. The summed E-state index contributed by atoms with van der Waals surface area (Å²) in [6.45, 7) is 6.64. The van der Waals surface area contributed by atoms with Gasteiger partial charge < -0.3 is 5.11 Å². The monoisotopic (exact) mass is 236 g/mol. The fourth-order valence-corrected chi connectivity index (χ4v) is 2.98. The molecule has 0 aliphatic carbocycles. The lowest BCUT2D eigenvalue weighted by Crippen LogP contribution is -2.26. The second-order valence-electron chi connectivity index (χ2n) is 4.04. The number of rotatable bonds is 3. The van der Waals surface area contributed by atoms with E-state index in [-0.39, 0.29) is 0 Å². The van der Waals surface area contributed by atoms with E-state index in [1.54, 1.807) is 17.5 Å². The summed E-state index contributed by atoms with van der Waals surface area (Å²) in [6, 6.07) is 3.91. The van der Waals surface area contributed by atoms with Crippen molar-refractivity contribution in [1.29, 1.82) is 0 Å². The molecule has 4 heteroatoms. The van der Waals surface area contributed by atoms with Gasteiger partial charge in [0.25, 0.3) is 0 Å². The third kappa shape index (κ3) is 1.68. The number of hydrogen-bond acceptors (Lipinski definition) is 3. The second kappa shape index (κ2) is 4.03. The van der Waals surface area contributed by atoms with Gasteiger partial charge in [-0.15, -0.1) is 11.3 Å². The maximum atomic E-state index is 10.7. The molecule has 2 aromatic heterocycles. The van der Waals surface area contributed by atoms with E-state index in [2.05, 4.69) is 5.10 Å². The molecule has 0 aromatic carbocycles. The summed E-state index contributed by atoms with van der Waals surface area (Å²) in [4.78, 5) is 0.989. The van der Waals surface area contributed by atoms with Crippen LogP contribution in [0.25, 0.3) is 0 Å². The van der Waals surface area contributed by atoms with Gasteiger partial charge in [-0.1, -0.05) is 0 Å². The minimum absolute atomic E-state index is 0.767. The Morgan fingerprint density at radius 1 is 1.50 bits per heavy atom. The predicted molar refractivity (Wildman–Crippen MR) is 65.6 cm³/mol. The molecule has 86 valence electrons. The lowest BCUT2D eigenvalue weighted by molar-refractivity contribution is 0.0950. The highest BCUT2D eigenvalue weighted by Gasteiger charge is 2.31. The molecule has 0 saturated carbocycles. The molecule has 1 unspecified atom stereocenters. The summed E-state index contributed by atoms with van der Waals surface area (Å²) in [5, 5.41) is 16.9. The van der Waals surface area contributed by atoms with Crippen LogP contribution < -0.4 is 0 Å². The second-order valence-corrected chi connectivity index (χ2v) is 4.95. The van der Waals surface area contributed by atoms with Gasteiger partial charge >= 0.3 is 0 Å². The van der Waals surface area contributed by atoms with Crippen molar-refractivity contribution >= 4 is 11.3 Å². The van der Waals surface area contributed by atoms with Crippen molar-refractivity contribution in [3.63, 3.8) is 0 Å². The SMILES string of the molecule is CCn1nccc1C(C)(O)c1sccc1C. The maximum Gasteiger partial charge on any atom is 0.138 e. The molecular formula is C12H16N2OS. The van der Waals surface area contributed by atoms with Crippen LogP contribution in [0.15, 0.2) is 23.7 Å². The third-order valence-corrected chi connectivity index (χ3v) is 4.05. The lowest BCUT2D eigenvalue weighted by atomic mass is 9.97. The molecule has 0 fully saturated rings. The molecule has 0 radical (unpaired) electrons. The van der Waals surface area contributed by atoms with Crippen molar-refractivity contribution in [2.45, 2.75) is 32.9 Å². The van der Waals surface area contributed by atoms with E-state index < -0.39 is 5.60 Å². The Labute approximate surface area is 99.4 Å². The first-order valence-corrected chi connectivity index (χ1v) is 6.24. The quantitative estimate of drug-likeness (QED) is 0.889. The molecule has 2 aromatic rings. The number of thiophene rings is 1. The average Bonchev–Trinajstić information content (AvgIpc) is 2.85. The van der Waals surface area contributed by atoms with Crippen LogP contribution in [0.5, 0.6) is 0 Å². The first-order chi connectivity index (χ1) is 7.57. The normalized spacial score (nSPS) is 15.0. The Hall–Kier alpha value is -1.13. The van der Waals surface area contributed by atoms with E-state index in [4.69, 9.17) is 0 Å². The summed E-state index contributed by atoms with van der Waals surface area (Å²) in [6.07, 6.45) is 1.73. The van der Waals surface area contributed by atoms with Gasteiger partial charge in [0, 0.05) is 17.6 Å². The van der Waals surface area contributed by atoms with E-state index in [0.717, 1.165) is 22.7 Å². The van der Waals surface area contributed by atoms with Crippen LogP contribution in [-0.2, 0) is 12.1 Å². The lowest BCUT2D eigenvalue weighted by Gasteiger charge is -2.24. The zero-order chi connectivity index (χ0) is 11.8. The standard InChI is InChI=1S/C12H16N2OS/c1-4-14-10(5-7-13-14)12(3,15)11-9(2)6-8-16-11/h5-8,15H,4H2,1-3H3. The van der Waals surface area contributed by atoms with E-state index in [0.29, 0.717) is 0 Å². The first-order valence-electron chi connectivity index (χ1n) is 5.36. The highest BCUT2D eigenvalue weighted by atomic mass is 32.1.